The van der Waals surface area contributed by atoms with Crippen molar-refractivity contribution in [3.05, 3.63) is 87.4 Å². The van der Waals surface area contributed by atoms with Crippen molar-refractivity contribution in [1.82, 2.24) is 4.72 Å². The molecule has 0 fully saturated rings. The van der Waals surface area contributed by atoms with Gasteiger partial charge >= 0.3 is 0 Å². The molecular formula is C20H14BrClN2O3S. The SMILES string of the molecule is N#Cc1c(Cl)cccc1Oc1ccc(S(=O)(=O)NCc2ccccc2Br)cc1. The van der Waals surface area contributed by atoms with Crippen molar-refractivity contribution in [2.75, 3.05) is 0 Å². The van der Waals surface area contributed by atoms with Crippen LogP contribution in [0.15, 0.2) is 76.1 Å². The maximum Gasteiger partial charge on any atom is 0.240 e. The van der Waals surface area contributed by atoms with Gasteiger partial charge in [0.25, 0.3) is 0 Å². The number of benzene rings is 3. The summed E-state index contributed by atoms with van der Waals surface area (Å²) in [6, 6.07) is 20.2. The van der Waals surface area contributed by atoms with Crippen LogP contribution in [0.5, 0.6) is 11.5 Å². The highest BCUT2D eigenvalue weighted by Crippen LogP contribution is 2.30. The molecule has 8 heteroatoms. The fourth-order valence-electron chi connectivity index (χ4n) is 2.41. The number of sulfonamides is 1. The van der Waals surface area contributed by atoms with Gasteiger partial charge in [-0.05, 0) is 48.0 Å². The first-order chi connectivity index (χ1) is 13.4. The molecule has 3 aromatic carbocycles. The number of nitrogens with zero attached hydrogens (tertiary/aromatic N) is 1. The Morgan fingerprint density at radius 3 is 2.43 bits per heavy atom. The fraction of sp³-hybridized carbons (Fsp3) is 0.0500. The predicted molar refractivity (Wildman–Crippen MR) is 111 cm³/mol. The van der Waals surface area contributed by atoms with E-state index in [1.807, 2.05) is 30.3 Å². The van der Waals surface area contributed by atoms with Gasteiger partial charge in [0.2, 0.25) is 10.0 Å². The maximum absolute atomic E-state index is 12.5. The van der Waals surface area contributed by atoms with Crippen LogP contribution in [0.4, 0.5) is 0 Å². The summed E-state index contributed by atoms with van der Waals surface area (Å²) in [5.41, 5.74) is 1.05. The van der Waals surface area contributed by atoms with Crippen molar-refractivity contribution in [2.24, 2.45) is 0 Å². The van der Waals surface area contributed by atoms with Crippen LogP contribution in [-0.4, -0.2) is 8.42 Å². The topological polar surface area (TPSA) is 79.2 Å². The maximum atomic E-state index is 12.5. The molecule has 28 heavy (non-hydrogen) atoms. The summed E-state index contributed by atoms with van der Waals surface area (Å²) >= 11 is 9.38. The quantitative estimate of drug-likeness (QED) is 0.526. The zero-order valence-corrected chi connectivity index (χ0v) is 17.6. The first kappa shape index (κ1) is 20.4. The lowest BCUT2D eigenvalue weighted by Crippen LogP contribution is -2.23. The van der Waals surface area contributed by atoms with E-state index in [-0.39, 0.29) is 22.0 Å². The van der Waals surface area contributed by atoms with E-state index < -0.39 is 10.0 Å². The highest BCUT2D eigenvalue weighted by molar-refractivity contribution is 9.10. The molecule has 0 spiro atoms. The number of hydrogen-bond acceptors (Lipinski definition) is 4. The minimum atomic E-state index is -3.68. The van der Waals surface area contributed by atoms with Gasteiger partial charge in [-0.1, -0.05) is 51.8 Å². The highest BCUT2D eigenvalue weighted by Gasteiger charge is 2.15. The molecule has 0 bridgehead atoms. The van der Waals surface area contributed by atoms with E-state index in [1.54, 1.807) is 18.2 Å². The lowest BCUT2D eigenvalue weighted by molar-refractivity contribution is 0.480. The summed E-state index contributed by atoms with van der Waals surface area (Å²) in [5.74, 6) is 0.696. The van der Waals surface area contributed by atoms with E-state index in [0.29, 0.717) is 11.5 Å². The van der Waals surface area contributed by atoms with Crippen molar-refractivity contribution < 1.29 is 13.2 Å². The predicted octanol–water partition coefficient (Wildman–Crippen LogP) is 5.24. The van der Waals surface area contributed by atoms with Gasteiger partial charge in [-0.25, -0.2) is 13.1 Å². The second-order valence-corrected chi connectivity index (χ2v) is 8.74. The zero-order valence-electron chi connectivity index (χ0n) is 14.4. The van der Waals surface area contributed by atoms with E-state index in [0.717, 1.165) is 10.0 Å². The Labute approximate surface area is 176 Å². The Morgan fingerprint density at radius 2 is 1.75 bits per heavy atom. The van der Waals surface area contributed by atoms with E-state index in [4.69, 9.17) is 16.3 Å². The summed E-state index contributed by atoms with van der Waals surface area (Å²) < 4.78 is 34.1. The third kappa shape index (κ3) is 4.72. The van der Waals surface area contributed by atoms with Crippen molar-refractivity contribution >= 4 is 37.6 Å². The third-order valence-corrected chi connectivity index (χ3v) is 6.37. The standard InChI is InChI=1S/C20H14BrClN2O3S/c21-18-5-2-1-4-14(18)13-24-28(25,26)16-10-8-15(9-11-16)27-20-7-3-6-19(22)17(20)12-23/h1-11,24H,13H2. The van der Waals surface area contributed by atoms with E-state index in [9.17, 15) is 13.7 Å². The van der Waals surface area contributed by atoms with E-state index in [2.05, 4.69) is 20.7 Å². The molecule has 1 N–H and O–H groups in total. The Hall–Kier alpha value is -2.37. The second kappa shape index (κ2) is 8.76. The van der Waals surface area contributed by atoms with Crippen LogP contribution >= 0.6 is 27.5 Å². The molecular weight excluding hydrogens is 464 g/mol. The number of halogens is 2. The number of nitriles is 1. The molecule has 3 aromatic rings. The average molecular weight is 478 g/mol. The molecule has 0 heterocycles. The zero-order chi connectivity index (χ0) is 20.1. The lowest BCUT2D eigenvalue weighted by atomic mass is 10.2. The molecule has 0 saturated carbocycles. The van der Waals surface area contributed by atoms with Gasteiger partial charge in [0.05, 0.1) is 9.92 Å². The Bertz CT molecular complexity index is 1140. The summed E-state index contributed by atoms with van der Waals surface area (Å²) in [4.78, 5) is 0.110. The fourth-order valence-corrected chi connectivity index (χ4v) is 4.05. The summed E-state index contributed by atoms with van der Waals surface area (Å²) in [7, 11) is -3.68. The normalized spacial score (nSPS) is 11.0. The van der Waals surface area contributed by atoms with Crippen LogP contribution in [0, 0.1) is 11.3 Å². The average Bonchev–Trinajstić information content (AvgIpc) is 2.68. The van der Waals surface area contributed by atoms with Crippen LogP contribution in [0.2, 0.25) is 5.02 Å². The van der Waals surface area contributed by atoms with Gasteiger partial charge in [-0.3, -0.25) is 0 Å². The molecule has 0 aliphatic rings. The Kier molecular flexibility index (Phi) is 6.37. The van der Waals surface area contributed by atoms with Crippen LogP contribution in [-0.2, 0) is 16.6 Å². The van der Waals surface area contributed by atoms with Crippen molar-refractivity contribution in [2.45, 2.75) is 11.4 Å². The smallest absolute Gasteiger partial charge is 0.240 e. The first-order valence-corrected chi connectivity index (χ1v) is 10.8. The first-order valence-electron chi connectivity index (χ1n) is 8.10. The van der Waals surface area contributed by atoms with Gasteiger partial charge in [-0.15, -0.1) is 0 Å². The molecule has 142 valence electrons. The number of hydrogen-bond donors (Lipinski definition) is 1. The van der Waals surface area contributed by atoms with Crippen LogP contribution in [0.1, 0.15) is 11.1 Å². The molecule has 0 aromatic heterocycles. The molecule has 3 rings (SSSR count). The van der Waals surface area contributed by atoms with Gasteiger partial charge in [-0.2, -0.15) is 5.26 Å². The molecule has 0 amide bonds. The molecule has 0 radical (unpaired) electrons. The van der Waals surface area contributed by atoms with Gasteiger partial charge in [0.15, 0.2) is 0 Å². The van der Waals surface area contributed by atoms with Gasteiger partial charge < -0.3 is 4.74 Å². The largest absolute Gasteiger partial charge is 0.456 e. The molecule has 0 aliphatic heterocycles. The van der Waals surface area contributed by atoms with E-state index in [1.165, 1.54) is 24.3 Å². The van der Waals surface area contributed by atoms with Crippen LogP contribution in [0.25, 0.3) is 0 Å². The molecule has 0 unspecified atom stereocenters. The molecule has 5 nitrogen and oxygen atoms in total. The molecule has 0 saturated heterocycles. The molecule has 0 atom stereocenters. The van der Waals surface area contributed by atoms with Gasteiger partial charge in [0, 0.05) is 11.0 Å². The second-order valence-electron chi connectivity index (χ2n) is 5.71. The number of ether oxygens (including phenoxy) is 1. The summed E-state index contributed by atoms with van der Waals surface area (Å²) in [6.07, 6.45) is 0. The highest BCUT2D eigenvalue weighted by atomic mass is 79.9. The van der Waals surface area contributed by atoms with Crippen molar-refractivity contribution in [1.29, 1.82) is 5.26 Å². The van der Waals surface area contributed by atoms with Crippen LogP contribution < -0.4 is 9.46 Å². The Balaban J connectivity index is 1.74. The molecule has 0 aliphatic carbocycles. The van der Waals surface area contributed by atoms with E-state index >= 15 is 0 Å². The summed E-state index contributed by atoms with van der Waals surface area (Å²) in [6.45, 7) is 0.163. The van der Waals surface area contributed by atoms with Crippen molar-refractivity contribution in [3.8, 4) is 17.6 Å². The number of rotatable bonds is 6. The van der Waals surface area contributed by atoms with Crippen molar-refractivity contribution in [3.63, 3.8) is 0 Å². The monoisotopic (exact) mass is 476 g/mol. The Morgan fingerprint density at radius 1 is 1.04 bits per heavy atom. The summed E-state index contributed by atoms with van der Waals surface area (Å²) in [5, 5.41) is 9.48. The lowest BCUT2D eigenvalue weighted by Gasteiger charge is -2.10. The van der Waals surface area contributed by atoms with Crippen LogP contribution in [0.3, 0.4) is 0 Å². The minimum Gasteiger partial charge on any atom is -0.456 e. The minimum absolute atomic E-state index is 0.110. The third-order valence-electron chi connectivity index (χ3n) is 3.86. The van der Waals surface area contributed by atoms with Gasteiger partial charge in [0.1, 0.15) is 23.1 Å². The number of nitrogens with one attached hydrogen (secondary N) is 1.